The first-order valence-corrected chi connectivity index (χ1v) is 8.31. The van der Waals surface area contributed by atoms with Gasteiger partial charge >= 0.3 is 0 Å². The number of likely N-dealkylation sites (tertiary alicyclic amines) is 1. The fourth-order valence-electron chi connectivity index (χ4n) is 2.53. The number of hydrogen-bond acceptors (Lipinski definition) is 4. The average Bonchev–Trinajstić information content (AvgIpc) is 2.84. The Kier molecular flexibility index (Phi) is 4.65. The number of benzene rings is 1. The van der Waals surface area contributed by atoms with Crippen LogP contribution in [-0.2, 0) is 21.4 Å². The summed E-state index contributed by atoms with van der Waals surface area (Å²) in [6.07, 6.45) is 0.968. The number of hydrogen-bond donors (Lipinski definition) is 1. The molecule has 1 atom stereocenters. The van der Waals surface area contributed by atoms with E-state index in [0.717, 1.165) is 6.42 Å². The molecule has 1 saturated heterocycles. The number of ether oxygens (including phenoxy) is 1. The molecule has 1 unspecified atom stereocenters. The lowest BCUT2D eigenvalue weighted by Gasteiger charge is -2.17. The molecule has 1 amide bonds. The SMILES string of the molecule is COCc1ccc(C(=O)N2CCC(C)C2)cc1S(N)(=O)=O. The van der Waals surface area contributed by atoms with Gasteiger partial charge in [0.2, 0.25) is 10.0 Å². The summed E-state index contributed by atoms with van der Waals surface area (Å²) in [4.78, 5) is 14.1. The van der Waals surface area contributed by atoms with Crippen molar-refractivity contribution in [3.63, 3.8) is 0 Å². The minimum absolute atomic E-state index is 0.0533. The maximum Gasteiger partial charge on any atom is 0.253 e. The van der Waals surface area contributed by atoms with E-state index in [1.54, 1.807) is 17.0 Å². The fourth-order valence-corrected chi connectivity index (χ4v) is 3.31. The molecule has 2 rings (SSSR count). The van der Waals surface area contributed by atoms with Crippen LogP contribution in [0, 0.1) is 5.92 Å². The Labute approximate surface area is 124 Å². The van der Waals surface area contributed by atoms with Crippen LogP contribution in [0.5, 0.6) is 0 Å². The second-order valence-electron chi connectivity index (χ2n) is 5.45. The summed E-state index contributed by atoms with van der Waals surface area (Å²) in [6.45, 7) is 3.61. The number of methoxy groups -OCH3 is 1. The van der Waals surface area contributed by atoms with Crippen molar-refractivity contribution in [2.45, 2.75) is 24.8 Å². The zero-order valence-electron chi connectivity index (χ0n) is 12.2. The monoisotopic (exact) mass is 312 g/mol. The molecular formula is C14H20N2O4S. The Morgan fingerprint density at radius 3 is 2.71 bits per heavy atom. The molecule has 21 heavy (non-hydrogen) atoms. The standard InChI is InChI=1S/C14H20N2O4S/c1-10-5-6-16(8-10)14(17)11-3-4-12(9-20-2)13(7-11)21(15,18)19/h3-4,7,10H,5-6,8-9H2,1-2H3,(H2,15,18,19). The molecule has 116 valence electrons. The van der Waals surface area contributed by atoms with E-state index in [-0.39, 0.29) is 17.4 Å². The second-order valence-corrected chi connectivity index (χ2v) is 6.98. The minimum atomic E-state index is -3.90. The average molecular weight is 312 g/mol. The van der Waals surface area contributed by atoms with Crippen molar-refractivity contribution in [1.82, 2.24) is 4.90 Å². The molecule has 0 aliphatic carbocycles. The van der Waals surface area contributed by atoms with Gasteiger partial charge in [-0.25, -0.2) is 13.6 Å². The maximum absolute atomic E-state index is 12.4. The normalized spacial score (nSPS) is 19.0. The number of carbonyl (C=O) groups is 1. The Bertz CT molecular complexity index is 642. The lowest BCUT2D eigenvalue weighted by atomic mass is 10.1. The number of sulfonamides is 1. The van der Waals surface area contributed by atoms with Gasteiger partial charge < -0.3 is 9.64 Å². The molecule has 0 aromatic heterocycles. The smallest absolute Gasteiger partial charge is 0.253 e. The van der Waals surface area contributed by atoms with E-state index in [1.807, 2.05) is 0 Å². The number of nitrogens with zero attached hydrogens (tertiary/aromatic N) is 1. The van der Waals surface area contributed by atoms with E-state index >= 15 is 0 Å². The van der Waals surface area contributed by atoms with Crippen LogP contribution in [0.15, 0.2) is 23.1 Å². The van der Waals surface area contributed by atoms with Crippen molar-refractivity contribution in [3.05, 3.63) is 29.3 Å². The van der Waals surface area contributed by atoms with Gasteiger partial charge in [0.25, 0.3) is 5.91 Å². The van der Waals surface area contributed by atoms with Crippen LogP contribution in [-0.4, -0.2) is 39.4 Å². The number of nitrogens with two attached hydrogens (primary N) is 1. The molecule has 1 aromatic carbocycles. The van der Waals surface area contributed by atoms with E-state index in [1.165, 1.54) is 13.2 Å². The molecule has 1 heterocycles. The lowest BCUT2D eigenvalue weighted by Crippen LogP contribution is -2.29. The molecule has 0 radical (unpaired) electrons. The van der Waals surface area contributed by atoms with Crippen LogP contribution in [0.25, 0.3) is 0 Å². The second kappa shape index (κ2) is 6.13. The Balaban J connectivity index is 2.35. The van der Waals surface area contributed by atoms with Crippen LogP contribution in [0.3, 0.4) is 0 Å². The molecular weight excluding hydrogens is 292 g/mol. The van der Waals surface area contributed by atoms with Crippen LogP contribution < -0.4 is 5.14 Å². The number of amides is 1. The first kappa shape index (κ1) is 15.9. The third kappa shape index (κ3) is 3.61. The van der Waals surface area contributed by atoms with Crippen molar-refractivity contribution in [3.8, 4) is 0 Å². The van der Waals surface area contributed by atoms with Gasteiger partial charge in [-0.15, -0.1) is 0 Å². The molecule has 6 nitrogen and oxygen atoms in total. The molecule has 0 bridgehead atoms. The molecule has 1 aliphatic rings. The highest BCUT2D eigenvalue weighted by Gasteiger charge is 2.25. The van der Waals surface area contributed by atoms with Crippen LogP contribution in [0.1, 0.15) is 29.3 Å². The van der Waals surface area contributed by atoms with E-state index in [4.69, 9.17) is 9.88 Å². The third-order valence-electron chi connectivity index (χ3n) is 3.63. The van der Waals surface area contributed by atoms with Gasteiger partial charge in [0, 0.05) is 25.8 Å². The van der Waals surface area contributed by atoms with E-state index in [0.29, 0.717) is 30.1 Å². The molecule has 1 aromatic rings. The fraction of sp³-hybridized carbons (Fsp3) is 0.500. The molecule has 1 fully saturated rings. The van der Waals surface area contributed by atoms with Crippen molar-refractivity contribution in [2.24, 2.45) is 11.1 Å². The van der Waals surface area contributed by atoms with E-state index in [2.05, 4.69) is 6.92 Å². The van der Waals surface area contributed by atoms with Gasteiger partial charge in [-0.05, 0) is 30.0 Å². The predicted octanol–water partition coefficient (Wildman–Crippen LogP) is 0.962. The first-order chi connectivity index (χ1) is 9.82. The summed E-state index contributed by atoms with van der Waals surface area (Å²) in [5.41, 5.74) is 0.791. The number of primary sulfonamides is 1. The first-order valence-electron chi connectivity index (χ1n) is 6.77. The van der Waals surface area contributed by atoms with Crippen LogP contribution >= 0.6 is 0 Å². The summed E-state index contributed by atoms with van der Waals surface area (Å²) in [5.74, 6) is 0.313. The van der Waals surface area contributed by atoms with Crippen LogP contribution in [0.4, 0.5) is 0 Å². The number of rotatable bonds is 4. The van der Waals surface area contributed by atoms with Gasteiger partial charge in [0.05, 0.1) is 11.5 Å². The number of carbonyl (C=O) groups excluding carboxylic acids is 1. The van der Waals surface area contributed by atoms with Gasteiger partial charge in [0.1, 0.15) is 0 Å². The summed E-state index contributed by atoms with van der Waals surface area (Å²) >= 11 is 0. The lowest BCUT2D eigenvalue weighted by molar-refractivity contribution is 0.0787. The van der Waals surface area contributed by atoms with E-state index in [9.17, 15) is 13.2 Å². The quantitative estimate of drug-likeness (QED) is 0.896. The Morgan fingerprint density at radius 2 is 2.19 bits per heavy atom. The summed E-state index contributed by atoms with van der Waals surface area (Å²) in [5, 5.41) is 5.22. The molecule has 2 N–H and O–H groups in total. The van der Waals surface area contributed by atoms with E-state index < -0.39 is 10.0 Å². The van der Waals surface area contributed by atoms with Gasteiger partial charge in [0.15, 0.2) is 0 Å². The van der Waals surface area contributed by atoms with Gasteiger partial charge in [-0.2, -0.15) is 0 Å². The van der Waals surface area contributed by atoms with Crippen molar-refractivity contribution >= 4 is 15.9 Å². The Hall–Kier alpha value is -1.44. The molecule has 1 aliphatic heterocycles. The largest absolute Gasteiger partial charge is 0.380 e. The molecule has 0 saturated carbocycles. The summed E-state index contributed by atoms with van der Waals surface area (Å²) < 4.78 is 28.3. The summed E-state index contributed by atoms with van der Waals surface area (Å²) in [6, 6.07) is 4.54. The topological polar surface area (TPSA) is 89.7 Å². The van der Waals surface area contributed by atoms with Crippen molar-refractivity contribution in [1.29, 1.82) is 0 Å². The van der Waals surface area contributed by atoms with Crippen LogP contribution in [0.2, 0.25) is 0 Å². The zero-order valence-corrected chi connectivity index (χ0v) is 13.0. The molecule has 0 spiro atoms. The van der Waals surface area contributed by atoms with Crippen molar-refractivity contribution < 1.29 is 17.9 Å². The zero-order chi connectivity index (χ0) is 15.6. The van der Waals surface area contributed by atoms with Gasteiger partial charge in [-0.1, -0.05) is 13.0 Å². The molecule has 7 heteroatoms. The third-order valence-corrected chi connectivity index (χ3v) is 4.62. The predicted molar refractivity (Wildman–Crippen MR) is 78.2 cm³/mol. The highest BCUT2D eigenvalue weighted by molar-refractivity contribution is 7.89. The summed E-state index contributed by atoms with van der Waals surface area (Å²) in [7, 11) is -2.43. The van der Waals surface area contributed by atoms with Crippen molar-refractivity contribution in [2.75, 3.05) is 20.2 Å². The maximum atomic E-state index is 12.4. The minimum Gasteiger partial charge on any atom is -0.380 e. The Morgan fingerprint density at radius 1 is 1.48 bits per heavy atom. The highest BCUT2D eigenvalue weighted by Crippen LogP contribution is 2.22. The van der Waals surface area contributed by atoms with Gasteiger partial charge in [-0.3, -0.25) is 4.79 Å². The highest BCUT2D eigenvalue weighted by atomic mass is 32.2.